The van der Waals surface area contributed by atoms with Gasteiger partial charge in [-0.15, -0.1) is 0 Å². The van der Waals surface area contributed by atoms with Crippen LogP contribution in [0.25, 0.3) is 0 Å². The van der Waals surface area contributed by atoms with Crippen LogP contribution in [0, 0.1) is 20.2 Å². The number of carbonyl (C=O) groups is 14. The molecule has 9 amide bonds. The van der Waals surface area contributed by atoms with Gasteiger partial charge in [-0.25, -0.2) is 19.2 Å². The number of aldehydes is 1. The Balaban J connectivity index is 0.000000194. The lowest BCUT2D eigenvalue weighted by atomic mass is 10.1. The van der Waals surface area contributed by atoms with Crippen LogP contribution in [0.5, 0.6) is 0 Å². The summed E-state index contributed by atoms with van der Waals surface area (Å²) in [6, 6.07) is 48.9. The molecule has 9 aromatic rings. The maximum Gasteiger partial charge on any atom is 0.347 e. The zero-order valence-corrected chi connectivity index (χ0v) is 71.8. The third-order valence-electron chi connectivity index (χ3n) is 19.5. The van der Waals surface area contributed by atoms with Crippen LogP contribution in [0.2, 0.25) is 0 Å². The van der Waals surface area contributed by atoms with Gasteiger partial charge < -0.3 is 72.6 Å². The number of ether oxygens (including phenoxy) is 1. The number of likely N-dealkylation sites (N-methyl/N-ethyl adjacent to an activating group) is 5. The van der Waals surface area contributed by atoms with E-state index < -0.39 is 45.5 Å². The Morgan fingerprint density at radius 2 is 0.727 bits per heavy atom. The summed E-state index contributed by atoms with van der Waals surface area (Å²) in [5, 5.41) is 47.7. The number of rotatable bonds is 27. The number of hydrogen-bond acceptors (Lipinski definition) is 29. The number of carboxylic acids is 2. The summed E-state index contributed by atoms with van der Waals surface area (Å²) in [4.78, 5) is 199. The number of nitro groups is 2. The van der Waals surface area contributed by atoms with Gasteiger partial charge in [0.05, 0.1) is 88.0 Å². The molecule has 5 aliphatic heterocycles. The van der Waals surface area contributed by atoms with Gasteiger partial charge in [0.1, 0.15) is 6.29 Å². The van der Waals surface area contributed by atoms with E-state index in [0.29, 0.717) is 127 Å². The van der Waals surface area contributed by atoms with Crippen molar-refractivity contribution in [2.75, 3.05) is 163 Å². The Morgan fingerprint density at radius 3 is 1.09 bits per heavy atom. The van der Waals surface area contributed by atoms with Gasteiger partial charge >= 0.3 is 23.9 Å². The summed E-state index contributed by atoms with van der Waals surface area (Å²) < 4.78 is 4.27. The average Bonchev–Trinajstić information content (AvgIpc) is 1.64. The lowest BCUT2D eigenvalue weighted by Crippen LogP contribution is -2.35. The number of anilines is 5. The highest BCUT2D eigenvalue weighted by molar-refractivity contribution is 6.24. The van der Waals surface area contributed by atoms with Crippen molar-refractivity contribution < 1.29 is 91.9 Å². The van der Waals surface area contributed by atoms with Crippen molar-refractivity contribution in [3.05, 3.63) is 297 Å². The molecule has 0 atom stereocenters. The Morgan fingerprint density at radius 1 is 0.398 bits per heavy atom. The maximum absolute atomic E-state index is 12.7. The molecule has 5 aliphatic rings. The van der Waals surface area contributed by atoms with Crippen LogP contribution < -0.4 is 33.2 Å². The maximum atomic E-state index is 12.7. The Hall–Kier alpha value is -15.5. The Bertz CT molecular complexity index is 5720. The van der Waals surface area contributed by atoms with Crippen LogP contribution >= 0.6 is 0 Å². The number of nitrogens with one attached hydrogen (secondary N) is 3. The number of nitrogens with zero attached hydrogens (tertiary/aromatic N) is 11. The number of carboxylic acid groups (broad SMARTS) is 2. The van der Waals surface area contributed by atoms with Gasteiger partial charge in [0, 0.05) is 131 Å². The first-order chi connectivity index (χ1) is 60.7. The number of aromatic carboxylic acids is 2. The summed E-state index contributed by atoms with van der Waals surface area (Å²) in [7, 11) is 19.1. The number of nitrogens with two attached hydrogens (primary N) is 3. The molecule has 5 heterocycles. The van der Waals surface area contributed by atoms with Crippen LogP contribution in [-0.2, 0) is 17.8 Å². The van der Waals surface area contributed by atoms with Gasteiger partial charge in [0.25, 0.3) is 64.5 Å². The summed E-state index contributed by atoms with van der Waals surface area (Å²) in [6.07, 6.45) is 0.672. The van der Waals surface area contributed by atoms with Gasteiger partial charge in [-0.1, -0.05) is 48.5 Å². The quantitative estimate of drug-likeness (QED) is 0.00457. The standard InChI is InChI=1S/C26H27N5O3.C20H21N3O4.C12H13N3O4.C12H15N3O2.C8H3NO5.C8H6O3.C4H12N2/c1-30(2)13-14-31-25(33)20-12-11-19(15-21(20)26(31)34)28-16-17-7-9-18(10-8-17)24(32)29-23-6-4-3-5-22(23)27;1-22(2)9-10-23-18(24)16-8-7-15(11-17(16)19(23)25)21-12-13-3-5-14(6-4-13)20(26)27;1-13(2)5-6-14-11(16)9-4-3-8(15(18)19)7-10(9)12(14)17;1-14(2)5-6-15-11(16)9-4-3-8(13)7-10(9)12(15)17;10-7-5-2-1-4(9(12)13)3-6(5)8(11)14-7;9-5-6-1-3-7(4-2-6)8(10)11;1-6(2)4-3-5/h3-12,15,28H,13-14,16,27H2,1-2H3,(H,29,32);3-8,11,21H,9-10,12H2,1-2H3,(H,26,27);3-4,7H,5-6H2,1-2H3;3-4,7H,5-6,13H2,1-2H3;1-3H;1-5H,(H,10,11);3-5H2,1-2H3. The molecule has 0 aromatic heterocycles. The number of hydrogen-bond donors (Lipinski definition) is 8. The molecule has 14 rings (SSSR count). The van der Waals surface area contributed by atoms with E-state index in [2.05, 4.69) is 25.6 Å². The first-order valence-electron chi connectivity index (χ1n) is 39.4. The molecular weight excluding hydrogens is 1660 g/mol. The molecule has 38 heteroatoms. The van der Waals surface area contributed by atoms with Crippen LogP contribution in [0.1, 0.15) is 156 Å². The minimum atomic E-state index is -0.984. The molecule has 0 unspecified atom stereocenters. The predicted molar refractivity (Wildman–Crippen MR) is 475 cm³/mol. The number of nitrogen functional groups attached to an aromatic ring is 2. The first-order valence-corrected chi connectivity index (χ1v) is 39.4. The van der Waals surface area contributed by atoms with Crippen molar-refractivity contribution in [3.63, 3.8) is 0 Å². The zero-order chi connectivity index (χ0) is 94.1. The topological polar surface area (TPSA) is 518 Å². The molecule has 0 radical (unpaired) electrons. The predicted octanol–water partition coefficient (Wildman–Crippen LogP) is 8.23. The zero-order valence-electron chi connectivity index (χ0n) is 71.8. The van der Waals surface area contributed by atoms with Gasteiger partial charge in [-0.3, -0.25) is 87.8 Å². The molecule has 0 aliphatic carbocycles. The van der Waals surface area contributed by atoms with Gasteiger partial charge in [0.15, 0.2) is 0 Å². The second kappa shape index (κ2) is 45.2. The highest BCUT2D eigenvalue weighted by Crippen LogP contribution is 2.32. The molecule has 11 N–H and O–H groups in total. The second-order valence-corrected chi connectivity index (χ2v) is 30.3. The number of amides is 9. The highest BCUT2D eigenvalue weighted by atomic mass is 16.6. The fourth-order valence-electron chi connectivity index (χ4n) is 12.4. The van der Waals surface area contributed by atoms with Crippen molar-refractivity contribution in [2.24, 2.45) is 5.73 Å². The molecular formula is C90H97N17O21. The summed E-state index contributed by atoms with van der Waals surface area (Å²) >= 11 is 0. The Labute approximate surface area is 735 Å². The Kier molecular flexibility index (Phi) is 34.6. The van der Waals surface area contributed by atoms with Gasteiger partial charge in [-0.05, 0) is 197 Å². The normalized spacial score (nSPS) is 13.0. The van der Waals surface area contributed by atoms with E-state index in [1.54, 1.807) is 103 Å². The number of cyclic esters (lactones) is 2. The van der Waals surface area contributed by atoms with Crippen molar-refractivity contribution in [2.45, 2.75) is 13.1 Å². The summed E-state index contributed by atoms with van der Waals surface area (Å²) in [5.74, 6) is -6.17. The van der Waals surface area contributed by atoms with E-state index in [-0.39, 0.29) is 92.7 Å². The van der Waals surface area contributed by atoms with Gasteiger partial charge in [0.2, 0.25) is 0 Å². The summed E-state index contributed by atoms with van der Waals surface area (Å²) in [5.41, 5.74) is 25.5. The minimum absolute atomic E-state index is 0.0517. The van der Waals surface area contributed by atoms with E-state index >= 15 is 0 Å². The van der Waals surface area contributed by atoms with Gasteiger partial charge in [-0.2, -0.15) is 0 Å². The third kappa shape index (κ3) is 26.1. The largest absolute Gasteiger partial charge is 0.478 e. The number of carbonyl (C=O) groups excluding carboxylic acids is 12. The number of imide groups is 4. The van der Waals surface area contributed by atoms with Crippen LogP contribution in [0.3, 0.4) is 0 Å². The molecule has 0 saturated carbocycles. The molecule has 0 fully saturated rings. The van der Waals surface area contributed by atoms with Crippen molar-refractivity contribution in [1.82, 2.24) is 44.1 Å². The monoisotopic (exact) mass is 1750 g/mol. The number of nitro benzene ring substituents is 2. The average molecular weight is 1750 g/mol. The number of fused-ring (bicyclic) bond motifs is 5. The fourth-order valence-corrected chi connectivity index (χ4v) is 12.4. The number of esters is 2. The molecule has 0 bridgehead atoms. The van der Waals surface area contributed by atoms with E-state index in [4.69, 9.17) is 27.4 Å². The molecule has 0 spiro atoms. The minimum Gasteiger partial charge on any atom is -0.478 e. The van der Waals surface area contributed by atoms with Crippen LogP contribution in [0.4, 0.5) is 39.8 Å². The highest BCUT2D eigenvalue weighted by Gasteiger charge is 2.40. The lowest BCUT2D eigenvalue weighted by Gasteiger charge is -2.16. The second-order valence-electron chi connectivity index (χ2n) is 30.3. The van der Waals surface area contributed by atoms with Crippen molar-refractivity contribution in [1.29, 1.82) is 0 Å². The molecule has 668 valence electrons. The SMILES string of the molecule is CN(C)CCN.CN(C)CCN1C(=O)c2ccc(N)cc2C1=O.CN(C)CCN1C(=O)c2ccc(NCc3ccc(C(=O)Nc4ccccc4N)cc3)cc2C1=O.CN(C)CCN1C(=O)c2ccc(NCc3ccc(C(=O)O)cc3)cc2C1=O.CN(C)CCN1C(=O)c2ccc([N+](=O)[O-])cc2C1=O.O=C1OC(=O)c2cc([N+](=O)[O-])ccc21.O=Cc1ccc(C(=O)O)cc1. The third-order valence-corrected chi connectivity index (χ3v) is 19.5. The fraction of sp³-hybridized carbons (Fsp3) is 0.244. The van der Waals surface area contributed by atoms with E-state index in [9.17, 15) is 87.4 Å². The molecule has 0 saturated heterocycles. The lowest BCUT2D eigenvalue weighted by molar-refractivity contribution is -0.385. The smallest absolute Gasteiger partial charge is 0.347 e. The van der Waals surface area contributed by atoms with Crippen LogP contribution in [0.15, 0.2) is 188 Å². The van der Waals surface area contributed by atoms with E-state index in [1.807, 2.05) is 114 Å². The number of benzene rings is 9. The van der Waals surface area contributed by atoms with Crippen molar-refractivity contribution >= 4 is 123 Å². The van der Waals surface area contributed by atoms with Crippen LogP contribution in [-0.4, -0.2) is 283 Å². The number of non-ortho nitro benzene ring substituents is 2. The van der Waals surface area contributed by atoms with Crippen molar-refractivity contribution in [3.8, 4) is 0 Å². The number of para-hydroxylation sites is 2. The molecule has 38 nitrogen and oxygen atoms in total. The summed E-state index contributed by atoms with van der Waals surface area (Å²) in [6.45, 7) is 6.54. The van der Waals surface area contributed by atoms with E-state index in [0.717, 1.165) is 58.7 Å². The molecule has 9 aromatic carbocycles. The molecule has 128 heavy (non-hydrogen) atoms. The van der Waals surface area contributed by atoms with E-state index in [1.165, 1.54) is 57.2 Å². The first kappa shape index (κ1) is 98.0.